The maximum Gasteiger partial charge on any atom is 0.266 e. The largest absolute Gasteiger partial charge is 0.494 e. The Labute approximate surface area is 272 Å². The second kappa shape index (κ2) is 17.7. The molecular formula is C39H45N3O4. The summed E-state index contributed by atoms with van der Waals surface area (Å²) in [6.07, 6.45) is 4.56. The summed E-state index contributed by atoms with van der Waals surface area (Å²) in [5.74, 6) is 1.28. The molecule has 0 aliphatic heterocycles. The lowest BCUT2D eigenvalue weighted by Gasteiger charge is -2.29. The maximum atomic E-state index is 13.6. The lowest BCUT2D eigenvalue weighted by molar-refractivity contribution is -0.121. The number of nitrogens with zero attached hydrogens (tertiary/aromatic N) is 3. The third kappa shape index (κ3) is 8.70. The van der Waals surface area contributed by atoms with Crippen molar-refractivity contribution in [3.8, 4) is 22.6 Å². The van der Waals surface area contributed by atoms with Crippen LogP contribution in [0.5, 0.6) is 5.75 Å². The molecule has 0 bridgehead atoms. The molecule has 46 heavy (non-hydrogen) atoms. The van der Waals surface area contributed by atoms with Crippen molar-refractivity contribution in [2.24, 2.45) is 0 Å². The fourth-order valence-corrected chi connectivity index (χ4v) is 5.26. The van der Waals surface area contributed by atoms with Crippen LogP contribution in [-0.2, 0) is 16.0 Å². The van der Waals surface area contributed by atoms with Crippen LogP contribution in [-0.4, -0.2) is 47.7 Å². The Hall–Kier alpha value is -4.75. The Bertz CT molecular complexity index is 1700. The van der Waals surface area contributed by atoms with Gasteiger partial charge in [0, 0.05) is 13.7 Å². The van der Waals surface area contributed by atoms with E-state index in [4.69, 9.17) is 14.5 Å². The number of hydrogen-bond donors (Lipinski definition) is 0. The Morgan fingerprint density at radius 3 is 2.13 bits per heavy atom. The van der Waals surface area contributed by atoms with Gasteiger partial charge in [0.05, 0.1) is 35.8 Å². The zero-order valence-corrected chi connectivity index (χ0v) is 27.4. The predicted octanol–water partition coefficient (Wildman–Crippen LogP) is 8.04. The van der Waals surface area contributed by atoms with E-state index < -0.39 is 0 Å². The van der Waals surface area contributed by atoms with Crippen LogP contribution in [0.2, 0.25) is 0 Å². The molecule has 1 aromatic heterocycles. The zero-order chi connectivity index (χ0) is 32.7. The van der Waals surface area contributed by atoms with Crippen LogP contribution in [0.1, 0.15) is 57.5 Å². The first-order valence-electron chi connectivity index (χ1n) is 16.1. The van der Waals surface area contributed by atoms with Gasteiger partial charge >= 0.3 is 0 Å². The highest BCUT2D eigenvalue weighted by Crippen LogP contribution is 2.26. The standard InChI is InChI=1S/C25H31N3O4.C14H14/c1-4-6-16-32-20-13-11-19(12-14-20)28-24(23(5-2)27(18-29)15-17-31-3)26-22-10-8-7-9-21(22)25(28)30;1-2-12-8-10-14(11-9-12)13-6-4-3-5-7-13/h7-14,18,23H,4-6,15-17H2,1-3H3;3-11H,2H2,1H3. The molecule has 0 saturated carbocycles. The van der Waals surface area contributed by atoms with Gasteiger partial charge < -0.3 is 14.4 Å². The number of hydrogen-bond acceptors (Lipinski definition) is 5. The molecule has 240 valence electrons. The van der Waals surface area contributed by atoms with Gasteiger partial charge in [-0.1, -0.05) is 93.9 Å². The van der Waals surface area contributed by atoms with Crippen molar-refractivity contribution in [3.63, 3.8) is 0 Å². The van der Waals surface area contributed by atoms with Gasteiger partial charge in [-0.05, 0) is 72.4 Å². The summed E-state index contributed by atoms with van der Waals surface area (Å²) < 4.78 is 12.5. The molecule has 7 nitrogen and oxygen atoms in total. The highest BCUT2D eigenvalue weighted by atomic mass is 16.5. The van der Waals surface area contributed by atoms with Gasteiger partial charge in [0.15, 0.2) is 0 Å². The van der Waals surface area contributed by atoms with Crippen LogP contribution in [0.3, 0.4) is 0 Å². The molecule has 4 aromatic carbocycles. The van der Waals surface area contributed by atoms with Gasteiger partial charge in [0.1, 0.15) is 11.6 Å². The van der Waals surface area contributed by atoms with Crippen molar-refractivity contribution in [3.05, 3.63) is 125 Å². The zero-order valence-electron chi connectivity index (χ0n) is 27.4. The van der Waals surface area contributed by atoms with Crippen molar-refractivity contribution in [1.82, 2.24) is 14.5 Å². The normalized spacial score (nSPS) is 11.4. The van der Waals surface area contributed by atoms with Crippen molar-refractivity contribution in [2.75, 3.05) is 26.9 Å². The van der Waals surface area contributed by atoms with Gasteiger partial charge in [-0.25, -0.2) is 4.98 Å². The second-order valence-electron chi connectivity index (χ2n) is 11.0. The summed E-state index contributed by atoms with van der Waals surface area (Å²) in [6, 6.07) is 33.6. The Morgan fingerprint density at radius 2 is 1.50 bits per heavy atom. The topological polar surface area (TPSA) is 73.7 Å². The first-order valence-corrected chi connectivity index (χ1v) is 16.1. The van der Waals surface area contributed by atoms with E-state index in [9.17, 15) is 9.59 Å². The van der Waals surface area contributed by atoms with E-state index in [1.165, 1.54) is 16.7 Å². The third-order valence-corrected chi connectivity index (χ3v) is 7.91. The number of fused-ring (bicyclic) bond motifs is 1. The van der Waals surface area contributed by atoms with Crippen LogP contribution in [0, 0.1) is 0 Å². The number of aromatic nitrogens is 2. The Morgan fingerprint density at radius 1 is 0.826 bits per heavy atom. The lowest BCUT2D eigenvalue weighted by Crippen LogP contribution is -2.35. The van der Waals surface area contributed by atoms with Gasteiger partial charge in [0.2, 0.25) is 6.41 Å². The molecule has 0 fully saturated rings. The number of rotatable bonds is 14. The number of para-hydroxylation sites is 1. The number of carbonyl (C=O) groups excluding carboxylic acids is 1. The van der Waals surface area contributed by atoms with Gasteiger partial charge in [-0.3, -0.25) is 14.2 Å². The molecular weight excluding hydrogens is 574 g/mol. The van der Waals surface area contributed by atoms with Gasteiger partial charge in [-0.2, -0.15) is 0 Å². The molecule has 0 saturated heterocycles. The number of unbranched alkanes of at least 4 members (excludes halogenated alkanes) is 1. The van der Waals surface area contributed by atoms with Gasteiger partial charge in [0.25, 0.3) is 5.56 Å². The average molecular weight is 620 g/mol. The van der Waals surface area contributed by atoms with E-state index in [2.05, 4.69) is 62.4 Å². The molecule has 7 heteroatoms. The van der Waals surface area contributed by atoms with Crippen molar-refractivity contribution in [2.45, 2.75) is 52.5 Å². The SMILES string of the molecule is CCCCOc1ccc(-n2c(C(CC)N(C=O)CCOC)nc3ccccc3c2=O)cc1.CCc1ccc(-c2ccccc2)cc1. The first kappa shape index (κ1) is 34.1. The minimum atomic E-state index is -0.375. The van der Waals surface area contributed by atoms with Crippen LogP contribution in [0.4, 0.5) is 0 Å². The summed E-state index contributed by atoms with van der Waals surface area (Å²) in [7, 11) is 1.60. The molecule has 0 radical (unpaired) electrons. The Balaban J connectivity index is 0.000000284. The summed E-state index contributed by atoms with van der Waals surface area (Å²) in [4.78, 5) is 31.9. The Kier molecular flexibility index (Phi) is 13.1. The number of benzene rings is 4. The highest BCUT2D eigenvalue weighted by Gasteiger charge is 2.24. The van der Waals surface area contributed by atoms with E-state index in [0.29, 0.717) is 48.6 Å². The van der Waals surface area contributed by atoms with E-state index in [-0.39, 0.29) is 11.6 Å². The smallest absolute Gasteiger partial charge is 0.266 e. The molecule has 1 amide bonds. The first-order chi connectivity index (χ1) is 22.5. The van der Waals surface area contributed by atoms with Crippen LogP contribution >= 0.6 is 0 Å². The number of methoxy groups -OCH3 is 1. The van der Waals surface area contributed by atoms with Crippen molar-refractivity contribution >= 4 is 17.3 Å². The van der Waals surface area contributed by atoms with Crippen molar-refractivity contribution < 1.29 is 14.3 Å². The summed E-state index contributed by atoms with van der Waals surface area (Å²) >= 11 is 0. The van der Waals surface area contributed by atoms with Crippen LogP contribution in [0.15, 0.2) is 108 Å². The molecule has 1 atom stereocenters. The summed E-state index contributed by atoms with van der Waals surface area (Å²) in [5.41, 5.74) is 5.10. The predicted molar refractivity (Wildman–Crippen MR) is 187 cm³/mol. The fraction of sp³-hybridized carbons (Fsp3) is 0.308. The fourth-order valence-electron chi connectivity index (χ4n) is 5.26. The minimum absolute atomic E-state index is 0.165. The molecule has 0 aliphatic rings. The highest BCUT2D eigenvalue weighted by molar-refractivity contribution is 5.78. The number of ether oxygens (including phenoxy) is 2. The molecule has 0 aliphatic carbocycles. The average Bonchev–Trinajstić information content (AvgIpc) is 3.11. The molecule has 0 N–H and O–H groups in total. The summed E-state index contributed by atoms with van der Waals surface area (Å²) in [5, 5.41) is 0.531. The lowest BCUT2D eigenvalue weighted by atomic mass is 10.0. The van der Waals surface area contributed by atoms with Crippen LogP contribution in [0.25, 0.3) is 27.7 Å². The number of aryl methyl sites for hydroxylation is 1. The monoisotopic (exact) mass is 619 g/mol. The summed E-state index contributed by atoms with van der Waals surface area (Å²) in [6.45, 7) is 7.74. The number of amides is 1. The molecule has 1 unspecified atom stereocenters. The molecule has 5 rings (SSSR count). The van der Waals surface area contributed by atoms with Crippen molar-refractivity contribution in [1.29, 1.82) is 0 Å². The maximum absolute atomic E-state index is 13.6. The van der Waals surface area contributed by atoms with Crippen LogP contribution < -0.4 is 10.3 Å². The number of carbonyl (C=O) groups is 1. The van der Waals surface area contributed by atoms with E-state index in [1.807, 2.05) is 55.5 Å². The van der Waals surface area contributed by atoms with E-state index >= 15 is 0 Å². The molecule has 0 spiro atoms. The molecule has 1 heterocycles. The van der Waals surface area contributed by atoms with Gasteiger partial charge in [-0.15, -0.1) is 0 Å². The minimum Gasteiger partial charge on any atom is -0.494 e. The second-order valence-corrected chi connectivity index (χ2v) is 11.0. The van der Waals surface area contributed by atoms with E-state index in [1.54, 1.807) is 22.6 Å². The quantitative estimate of drug-likeness (QED) is 0.0929. The third-order valence-electron chi connectivity index (χ3n) is 7.91. The van der Waals surface area contributed by atoms with E-state index in [0.717, 1.165) is 31.4 Å². The molecule has 5 aromatic rings.